The van der Waals surface area contributed by atoms with Crippen molar-refractivity contribution in [1.82, 2.24) is 0 Å². The van der Waals surface area contributed by atoms with E-state index in [9.17, 15) is 18.3 Å². The van der Waals surface area contributed by atoms with Gasteiger partial charge in [0.25, 0.3) is 0 Å². The van der Waals surface area contributed by atoms with Gasteiger partial charge in [0.2, 0.25) is 0 Å². The number of rotatable bonds is 2. The summed E-state index contributed by atoms with van der Waals surface area (Å²) in [5, 5.41) is 9.79. The van der Waals surface area contributed by atoms with Crippen LogP contribution in [0.15, 0.2) is 36.4 Å². The Morgan fingerprint density at radius 1 is 0.944 bits per heavy atom. The normalized spacial score (nSPS) is 12.5. The molecule has 0 radical (unpaired) electrons. The number of aliphatic hydroxyl groups is 1. The Morgan fingerprint density at radius 3 is 1.94 bits per heavy atom. The minimum Gasteiger partial charge on any atom is -0.383 e. The molecule has 0 heterocycles. The standard InChI is InChI=1S/C13H8ClF3O/c14-8-5-10(16)12(11(17)6-8)13(18)7-1-3-9(15)4-2-7/h1-6,13,18H. The van der Waals surface area contributed by atoms with Gasteiger partial charge in [-0.25, -0.2) is 13.2 Å². The van der Waals surface area contributed by atoms with Gasteiger partial charge in [0, 0.05) is 5.02 Å². The second-order valence-electron chi connectivity index (χ2n) is 3.74. The lowest BCUT2D eigenvalue weighted by molar-refractivity contribution is 0.209. The quantitative estimate of drug-likeness (QED) is 0.881. The molecule has 1 nitrogen and oxygen atoms in total. The maximum atomic E-state index is 13.6. The zero-order valence-electron chi connectivity index (χ0n) is 9.00. The second kappa shape index (κ2) is 5.00. The first-order chi connectivity index (χ1) is 8.49. The summed E-state index contributed by atoms with van der Waals surface area (Å²) in [6, 6.07) is 6.54. The lowest BCUT2D eigenvalue weighted by Gasteiger charge is -2.13. The zero-order chi connectivity index (χ0) is 13.3. The molecule has 1 N–H and O–H groups in total. The SMILES string of the molecule is OC(c1ccc(F)cc1)c1c(F)cc(Cl)cc1F. The highest BCUT2D eigenvalue weighted by Gasteiger charge is 2.20. The van der Waals surface area contributed by atoms with Crippen LogP contribution < -0.4 is 0 Å². The summed E-state index contributed by atoms with van der Waals surface area (Å²) >= 11 is 5.48. The summed E-state index contributed by atoms with van der Waals surface area (Å²) in [6.07, 6.45) is -1.51. The van der Waals surface area contributed by atoms with Gasteiger partial charge in [0.05, 0.1) is 5.56 Å². The van der Waals surface area contributed by atoms with Gasteiger partial charge in [-0.15, -0.1) is 0 Å². The number of hydrogen-bond donors (Lipinski definition) is 1. The minimum absolute atomic E-state index is 0.0972. The van der Waals surface area contributed by atoms with E-state index in [2.05, 4.69) is 0 Å². The molecule has 0 aliphatic rings. The summed E-state index contributed by atoms with van der Waals surface area (Å²) < 4.78 is 39.9. The van der Waals surface area contributed by atoms with Crippen molar-refractivity contribution in [3.8, 4) is 0 Å². The van der Waals surface area contributed by atoms with E-state index in [1.165, 1.54) is 12.1 Å². The fourth-order valence-corrected chi connectivity index (χ4v) is 1.82. The molecule has 2 rings (SSSR count). The molecule has 1 unspecified atom stereocenters. The molecule has 2 aromatic carbocycles. The first-order valence-corrected chi connectivity index (χ1v) is 5.45. The Morgan fingerprint density at radius 2 is 1.44 bits per heavy atom. The maximum Gasteiger partial charge on any atom is 0.133 e. The first-order valence-electron chi connectivity index (χ1n) is 5.07. The van der Waals surface area contributed by atoms with Crippen LogP contribution in [0.25, 0.3) is 0 Å². The molecule has 18 heavy (non-hydrogen) atoms. The number of hydrogen-bond acceptors (Lipinski definition) is 1. The Labute approximate surface area is 106 Å². The van der Waals surface area contributed by atoms with E-state index in [-0.39, 0.29) is 10.6 Å². The molecule has 0 aliphatic carbocycles. The van der Waals surface area contributed by atoms with Crippen molar-refractivity contribution in [3.05, 3.63) is 70.0 Å². The third-order valence-electron chi connectivity index (χ3n) is 2.50. The minimum atomic E-state index is -1.51. The van der Waals surface area contributed by atoms with Gasteiger partial charge in [0.15, 0.2) is 0 Å². The maximum absolute atomic E-state index is 13.6. The van der Waals surface area contributed by atoms with Gasteiger partial charge in [-0.3, -0.25) is 0 Å². The fraction of sp³-hybridized carbons (Fsp3) is 0.0769. The van der Waals surface area contributed by atoms with Crippen molar-refractivity contribution in [3.63, 3.8) is 0 Å². The number of benzene rings is 2. The predicted octanol–water partition coefficient (Wildman–Crippen LogP) is 3.84. The van der Waals surface area contributed by atoms with E-state index < -0.39 is 29.1 Å². The van der Waals surface area contributed by atoms with Crippen molar-refractivity contribution in [2.75, 3.05) is 0 Å². The molecular formula is C13H8ClF3O. The van der Waals surface area contributed by atoms with Gasteiger partial charge in [0.1, 0.15) is 23.6 Å². The fourth-order valence-electron chi connectivity index (χ4n) is 1.63. The van der Waals surface area contributed by atoms with Crippen LogP contribution in [-0.2, 0) is 0 Å². The molecule has 0 fully saturated rings. The van der Waals surface area contributed by atoms with Gasteiger partial charge in [-0.2, -0.15) is 0 Å². The molecule has 0 aliphatic heterocycles. The summed E-state index contributed by atoms with van der Waals surface area (Å²) in [4.78, 5) is 0. The van der Waals surface area contributed by atoms with Crippen LogP contribution >= 0.6 is 11.6 Å². The average Bonchev–Trinajstić information content (AvgIpc) is 2.28. The number of aliphatic hydroxyl groups excluding tert-OH is 1. The lowest BCUT2D eigenvalue weighted by atomic mass is 10.0. The van der Waals surface area contributed by atoms with Gasteiger partial charge in [-0.1, -0.05) is 23.7 Å². The molecule has 0 saturated carbocycles. The van der Waals surface area contributed by atoms with Crippen LogP contribution in [0.4, 0.5) is 13.2 Å². The summed E-state index contributed by atoms with van der Waals surface area (Å²) in [6.45, 7) is 0. The van der Waals surface area contributed by atoms with E-state index in [1.54, 1.807) is 0 Å². The van der Waals surface area contributed by atoms with E-state index in [0.717, 1.165) is 24.3 Å². The van der Waals surface area contributed by atoms with Crippen molar-refractivity contribution < 1.29 is 18.3 Å². The highest BCUT2D eigenvalue weighted by Crippen LogP contribution is 2.29. The third kappa shape index (κ3) is 2.49. The van der Waals surface area contributed by atoms with Crippen molar-refractivity contribution >= 4 is 11.6 Å². The van der Waals surface area contributed by atoms with Gasteiger partial charge >= 0.3 is 0 Å². The van der Waals surface area contributed by atoms with E-state index >= 15 is 0 Å². The van der Waals surface area contributed by atoms with Crippen molar-refractivity contribution in [2.24, 2.45) is 0 Å². The predicted molar refractivity (Wildman–Crippen MR) is 61.8 cm³/mol. The highest BCUT2D eigenvalue weighted by molar-refractivity contribution is 6.30. The summed E-state index contributed by atoms with van der Waals surface area (Å²) in [5.41, 5.74) is -0.317. The molecule has 0 amide bonds. The summed E-state index contributed by atoms with van der Waals surface area (Å²) in [5.74, 6) is -2.39. The summed E-state index contributed by atoms with van der Waals surface area (Å²) in [7, 11) is 0. The molecular weight excluding hydrogens is 265 g/mol. The highest BCUT2D eigenvalue weighted by atomic mass is 35.5. The Kier molecular flexibility index (Phi) is 3.59. The topological polar surface area (TPSA) is 20.2 Å². The Hall–Kier alpha value is -1.52. The number of halogens is 4. The molecule has 94 valence electrons. The van der Waals surface area contributed by atoms with Crippen LogP contribution in [0.1, 0.15) is 17.2 Å². The van der Waals surface area contributed by atoms with Gasteiger partial charge in [-0.05, 0) is 29.8 Å². The second-order valence-corrected chi connectivity index (χ2v) is 4.17. The van der Waals surface area contributed by atoms with Crippen LogP contribution in [0.5, 0.6) is 0 Å². The van der Waals surface area contributed by atoms with Crippen LogP contribution in [-0.4, -0.2) is 5.11 Å². The first kappa shape index (κ1) is 12.9. The average molecular weight is 273 g/mol. The molecule has 0 bridgehead atoms. The molecule has 0 aromatic heterocycles. The van der Waals surface area contributed by atoms with Gasteiger partial charge < -0.3 is 5.11 Å². The van der Waals surface area contributed by atoms with Crippen molar-refractivity contribution in [2.45, 2.75) is 6.10 Å². The third-order valence-corrected chi connectivity index (χ3v) is 2.72. The van der Waals surface area contributed by atoms with Crippen LogP contribution in [0, 0.1) is 17.5 Å². The van der Waals surface area contributed by atoms with Crippen LogP contribution in [0.2, 0.25) is 5.02 Å². The van der Waals surface area contributed by atoms with Crippen molar-refractivity contribution in [1.29, 1.82) is 0 Å². The molecule has 0 saturated heterocycles. The molecule has 0 spiro atoms. The zero-order valence-corrected chi connectivity index (χ0v) is 9.76. The Bertz CT molecular complexity index is 546. The largest absolute Gasteiger partial charge is 0.383 e. The Balaban J connectivity index is 2.46. The molecule has 1 atom stereocenters. The smallest absolute Gasteiger partial charge is 0.133 e. The molecule has 5 heteroatoms. The van der Waals surface area contributed by atoms with E-state index in [0.29, 0.717) is 0 Å². The monoisotopic (exact) mass is 272 g/mol. The molecule has 2 aromatic rings. The van der Waals surface area contributed by atoms with E-state index in [4.69, 9.17) is 11.6 Å². The lowest BCUT2D eigenvalue weighted by Crippen LogP contribution is -2.06. The van der Waals surface area contributed by atoms with Crippen LogP contribution in [0.3, 0.4) is 0 Å². The van der Waals surface area contributed by atoms with E-state index in [1.807, 2.05) is 0 Å².